The number of amides is 1. The average molecular weight is 472 g/mol. The number of rotatable bonds is 6. The number of ether oxygens (including phenoxy) is 2. The number of anilines is 1. The zero-order valence-corrected chi connectivity index (χ0v) is 19.5. The van der Waals surface area contributed by atoms with Crippen molar-refractivity contribution in [2.75, 3.05) is 12.0 Å². The minimum atomic E-state index is -1.00. The van der Waals surface area contributed by atoms with Crippen molar-refractivity contribution in [1.29, 1.82) is 0 Å². The number of nitrogens with zero attached hydrogens (tertiary/aromatic N) is 2. The van der Waals surface area contributed by atoms with E-state index in [-0.39, 0.29) is 23.0 Å². The number of hydrogen-bond acceptors (Lipinski definition) is 7. The van der Waals surface area contributed by atoms with Gasteiger partial charge in [-0.2, -0.15) is 0 Å². The highest BCUT2D eigenvalue weighted by Gasteiger charge is 2.47. The minimum Gasteiger partial charge on any atom is -0.507 e. The molecule has 1 N–H and O–H groups in total. The van der Waals surface area contributed by atoms with Crippen molar-refractivity contribution in [2.24, 2.45) is 0 Å². The zero-order chi connectivity index (χ0) is 25.1. The molecular formula is C27H24N2O6. The summed E-state index contributed by atoms with van der Waals surface area (Å²) in [6.07, 6.45) is 1.22. The molecule has 8 nitrogen and oxygen atoms in total. The predicted octanol–water partition coefficient (Wildman–Crippen LogP) is 4.28. The van der Waals surface area contributed by atoms with Crippen LogP contribution in [0.2, 0.25) is 0 Å². The van der Waals surface area contributed by atoms with Gasteiger partial charge in [-0.15, -0.1) is 0 Å². The molecule has 0 bridgehead atoms. The van der Waals surface area contributed by atoms with Crippen LogP contribution in [0.4, 0.5) is 5.69 Å². The molecule has 0 aliphatic carbocycles. The van der Waals surface area contributed by atoms with Crippen molar-refractivity contribution in [2.45, 2.75) is 26.0 Å². The van der Waals surface area contributed by atoms with Crippen LogP contribution in [0.5, 0.6) is 5.75 Å². The molecule has 3 aromatic rings. The van der Waals surface area contributed by atoms with E-state index in [1.165, 1.54) is 18.1 Å². The van der Waals surface area contributed by atoms with Crippen LogP contribution in [-0.2, 0) is 14.3 Å². The summed E-state index contributed by atoms with van der Waals surface area (Å²) in [5.41, 5.74) is 1.16. The molecule has 2 heterocycles. The van der Waals surface area contributed by atoms with Gasteiger partial charge < -0.3 is 14.6 Å². The van der Waals surface area contributed by atoms with Crippen molar-refractivity contribution in [3.63, 3.8) is 0 Å². The Kier molecular flexibility index (Phi) is 6.64. The van der Waals surface area contributed by atoms with E-state index in [2.05, 4.69) is 4.98 Å². The van der Waals surface area contributed by atoms with Crippen molar-refractivity contribution >= 4 is 29.1 Å². The summed E-state index contributed by atoms with van der Waals surface area (Å²) >= 11 is 0. The summed E-state index contributed by atoms with van der Waals surface area (Å²) in [6.45, 7) is 3.47. The van der Waals surface area contributed by atoms with Gasteiger partial charge >= 0.3 is 5.97 Å². The second-order valence-corrected chi connectivity index (χ2v) is 8.16. The van der Waals surface area contributed by atoms with Crippen molar-refractivity contribution in [1.82, 2.24) is 4.98 Å². The summed E-state index contributed by atoms with van der Waals surface area (Å²) in [5.74, 6) is -2.01. The maximum Gasteiger partial charge on any atom is 0.338 e. The lowest BCUT2D eigenvalue weighted by molar-refractivity contribution is -0.132. The fourth-order valence-corrected chi connectivity index (χ4v) is 3.89. The van der Waals surface area contributed by atoms with Crippen LogP contribution < -0.4 is 9.64 Å². The predicted molar refractivity (Wildman–Crippen MR) is 129 cm³/mol. The third-order valence-corrected chi connectivity index (χ3v) is 5.48. The summed E-state index contributed by atoms with van der Waals surface area (Å²) in [4.78, 5) is 44.5. The highest BCUT2D eigenvalue weighted by Crippen LogP contribution is 2.41. The summed E-state index contributed by atoms with van der Waals surface area (Å²) in [6, 6.07) is 16.8. The highest BCUT2D eigenvalue weighted by atomic mass is 16.5. The average Bonchev–Trinajstić information content (AvgIpc) is 3.14. The van der Waals surface area contributed by atoms with Gasteiger partial charge in [0.1, 0.15) is 17.6 Å². The SMILES string of the molecule is COc1ccc(/C(O)=C2\C(=O)C(=O)N(c3cccc(C(=O)OC(C)C)c3)C2c2ccccn2)cc1. The molecule has 8 heteroatoms. The maximum absolute atomic E-state index is 13.3. The van der Waals surface area contributed by atoms with Gasteiger partial charge in [0.2, 0.25) is 0 Å². The Balaban J connectivity index is 1.86. The molecule has 0 radical (unpaired) electrons. The number of aromatic nitrogens is 1. The first kappa shape index (κ1) is 23.7. The second-order valence-electron chi connectivity index (χ2n) is 8.16. The number of ketones is 1. The molecule has 178 valence electrons. The molecule has 1 fully saturated rings. The summed E-state index contributed by atoms with van der Waals surface area (Å²) in [5, 5.41) is 11.1. The van der Waals surface area contributed by atoms with E-state index in [0.29, 0.717) is 22.7 Å². The van der Waals surface area contributed by atoms with Gasteiger partial charge in [0.05, 0.1) is 30.0 Å². The Labute approximate surface area is 202 Å². The largest absolute Gasteiger partial charge is 0.507 e. The minimum absolute atomic E-state index is 0.103. The molecule has 35 heavy (non-hydrogen) atoms. The topological polar surface area (TPSA) is 106 Å². The number of hydrogen-bond donors (Lipinski definition) is 1. The van der Waals surface area contributed by atoms with Crippen LogP contribution in [0.25, 0.3) is 5.76 Å². The molecule has 2 aromatic carbocycles. The number of benzene rings is 2. The van der Waals surface area contributed by atoms with Gasteiger partial charge in [-0.1, -0.05) is 12.1 Å². The molecule has 0 spiro atoms. The van der Waals surface area contributed by atoms with Crippen molar-refractivity contribution in [3.8, 4) is 5.75 Å². The normalized spacial score (nSPS) is 17.0. The third-order valence-electron chi connectivity index (χ3n) is 5.48. The number of esters is 1. The highest BCUT2D eigenvalue weighted by molar-refractivity contribution is 6.51. The number of methoxy groups -OCH3 is 1. The van der Waals surface area contributed by atoms with Crippen molar-refractivity contribution in [3.05, 3.63) is 95.3 Å². The van der Waals surface area contributed by atoms with Crippen LogP contribution in [0.3, 0.4) is 0 Å². The molecule has 1 aliphatic rings. The molecule has 1 aliphatic heterocycles. The second kappa shape index (κ2) is 9.80. The van der Waals surface area contributed by atoms with Crippen LogP contribution in [-0.4, -0.2) is 41.0 Å². The third kappa shape index (κ3) is 4.63. The smallest absolute Gasteiger partial charge is 0.338 e. The first-order valence-electron chi connectivity index (χ1n) is 11.0. The Hall–Kier alpha value is -4.46. The van der Waals surface area contributed by atoms with Gasteiger partial charge in [0.25, 0.3) is 11.7 Å². The fraction of sp³-hybridized carbons (Fsp3) is 0.185. The molecule has 0 saturated carbocycles. The van der Waals surface area contributed by atoms with E-state index in [9.17, 15) is 19.5 Å². The van der Waals surface area contributed by atoms with E-state index >= 15 is 0 Å². The lowest BCUT2D eigenvalue weighted by Crippen LogP contribution is -2.30. The Morgan fingerprint density at radius 2 is 1.74 bits per heavy atom. The number of Topliss-reactive ketones (excluding diaryl/α,β-unsaturated/α-hetero) is 1. The number of aliphatic hydroxyl groups excluding tert-OH is 1. The van der Waals surface area contributed by atoms with E-state index in [1.54, 1.807) is 80.7 Å². The molecular weight excluding hydrogens is 448 g/mol. The van der Waals surface area contributed by atoms with E-state index in [0.717, 1.165) is 0 Å². The standard InChI is InChI=1S/C27H24N2O6/c1-16(2)35-27(33)18-7-6-8-19(15-18)29-23(21-9-4-5-14-28-21)22(25(31)26(29)32)24(30)17-10-12-20(34-3)13-11-17/h4-16,23,30H,1-3H3/b24-22+. The molecule has 1 unspecified atom stereocenters. The van der Waals surface area contributed by atoms with Gasteiger partial charge in [-0.25, -0.2) is 4.79 Å². The Bertz CT molecular complexity index is 1300. The van der Waals surface area contributed by atoms with E-state index in [4.69, 9.17) is 9.47 Å². The molecule has 1 amide bonds. The van der Waals surface area contributed by atoms with Crippen LogP contribution in [0.15, 0.2) is 78.5 Å². The zero-order valence-electron chi connectivity index (χ0n) is 19.5. The molecule has 1 saturated heterocycles. The number of aliphatic hydroxyl groups is 1. The van der Waals surface area contributed by atoms with Gasteiger partial charge in [-0.05, 0) is 68.4 Å². The fourth-order valence-electron chi connectivity index (χ4n) is 3.89. The van der Waals surface area contributed by atoms with Crippen LogP contribution in [0.1, 0.15) is 41.5 Å². The number of carbonyl (C=O) groups excluding carboxylic acids is 3. The van der Waals surface area contributed by atoms with Gasteiger partial charge in [0, 0.05) is 17.4 Å². The monoisotopic (exact) mass is 472 g/mol. The molecule has 4 rings (SSSR count). The first-order chi connectivity index (χ1) is 16.8. The van der Waals surface area contributed by atoms with E-state index < -0.39 is 23.7 Å². The quantitative estimate of drug-likeness (QED) is 0.247. The van der Waals surface area contributed by atoms with Crippen LogP contribution >= 0.6 is 0 Å². The summed E-state index contributed by atoms with van der Waals surface area (Å²) in [7, 11) is 1.52. The van der Waals surface area contributed by atoms with Gasteiger partial charge in [0.15, 0.2) is 0 Å². The number of pyridine rings is 1. The number of carbonyl (C=O) groups is 3. The molecule has 1 aromatic heterocycles. The summed E-state index contributed by atoms with van der Waals surface area (Å²) < 4.78 is 10.4. The van der Waals surface area contributed by atoms with E-state index in [1.807, 2.05) is 0 Å². The Morgan fingerprint density at radius 3 is 2.37 bits per heavy atom. The lowest BCUT2D eigenvalue weighted by Gasteiger charge is -2.25. The lowest BCUT2D eigenvalue weighted by atomic mass is 9.98. The van der Waals surface area contributed by atoms with Gasteiger partial charge in [-0.3, -0.25) is 19.5 Å². The maximum atomic E-state index is 13.3. The molecule has 1 atom stereocenters. The van der Waals surface area contributed by atoms with Crippen LogP contribution in [0, 0.1) is 0 Å². The Morgan fingerprint density at radius 1 is 1.00 bits per heavy atom. The van der Waals surface area contributed by atoms with Crippen molar-refractivity contribution < 1.29 is 29.0 Å². The first-order valence-corrected chi connectivity index (χ1v) is 11.0.